The lowest BCUT2D eigenvalue weighted by Gasteiger charge is -2.24. The van der Waals surface area contributed by atoms with Crippen LogP contribution in [0.3, 0.4) is 0 Å². The van der Waals surface area contributed by atoms with Crippen molar-refractivity contribution >= 4 is 11.6 Å². The molecule has 0 radical (unpaired) electrons. The third-order valence-electron chi connectivity index (χ3n) is 5.48. The standard InChI is InChI=1S/C17H22N2O/c1-10-3-2-4-13-9-15(18-16(10)13)17(20)19-14-8-11-5-6-12(14)7-11/h2-4,11-12,14-15,18H,5-9H2,1H3,(H,19,20)/t11-,12+,14?,15?/m1/s1. The van der Waals surface area contributed by atoms with Crippen LogP contribution in [0.2, 0.25) is 0 Å². The Hall–Kier alpha value is -1.51. The van der Waals surface area contributed by atoms with Gasteiger partial charge in [-0.05, 0) is 49.1 Å². The molecule has 1 heterocycles. The van der Waals surface area contributed by atoms with Crippen LogP contribution in [0.5, 0.6) is 0 Å². The van der Waals surface area contributed by atoms with Gasteiger partial charge >= 0.3 is 0 Å². The number of amides is 1. The average molecular weight is 270 g/mol. The zero-order valence-electron chi connectivity index (χ0n) is 12.0. The Balaban J connectivity index is 1.43. The van der Waals surface area contributed by atoms with E-state index < -0.39 is 0 Å². The molecule has 20 heavy (non-hydrogen) atoms. The molecular weight excluding hydrogens is 248 g/mol. The molecule has 2 fully saturated rings. The van der Waals surface area contributed by atoms with Gasteiger partial charge in [0, 0.05) is 18.2 Å². The average Bonchev–Trinajstić information content (AvgIpc) is 3.12. The van der Waals surface area contributed by atoms with Crippen molar-refractivity contribution < 1.29 is 4.79 Å². The summed E-state index contributed by atoms with van der Waals surface area (Å²) in [6, 6.07) is 6.66. The second kappa shape index (κ2) is 4.51. The van der Waals surface area contributed by atoms with Gasteiger partial charge in [0.25, 0.3) is 0 Å². The molecule has 2 saturated carbocycles. The molecule has 106 valence electrons. The summed E-state index contributed by atoms with van der Waals surface area (Å²) in [5.74, 6) is 1.81. The van der Waals surface area contributed by atoms with E-state index in [1.165, 1.54) is 42.5 Å². The predicted octanol–water partition coefficient (Wildman–Crippen LogP) is 2.64. The lowest BCUT2D eigenvalue weighted by Crippen LogP contribution is -2.45. The second-order valence-corrected chi connectivity index (χ2v) is 6.80. The van der Waals surface area contributed by atoms with E-state index in [-0.39, 0.29) is 11.9 Å². The Bertz CT molecular complexity index is 554. The first kappa shape index (κ1) is 12.2. The molecule has 1 amide bonds. The van der Waals surface area contributed by atoms with Crippen molar-refractivity contribution in [3.05, 3.63) is 29.3 Å². The summed E-state index contributed by atoms with van der Waals surface area (Å²) < 4.78 is 0. The predicted molar refractivity (Wildman–Crippen MR) is 79.7 cm³/mol. The van der Waals surface area contributed by atoms with E-state index in [1.54, 1.807) is 0 Å². The van der Waals surface area contributed by atoms with Gasteiger partial charge in [-0.2, -0.15) is 0 Å². The van der Waals surface area contributed by atoms with Gasteiger partial charge in [0.05, 0.1) is 0 Å². The van der Waals surface area contributed by atoms with Gasteiger partial charge < -0.3 is 10.6 Å². The molecule has 1 aromatic carbocycles. The second-order valence-electron chi connectivity index (χ2n) is 6.80. The van der Waals surface area contributed by atoms with E-state index in [0.29, 0.717) is 6.04 Å². The number of benzene rings is 1. The largest absolute Gasteiger partial charge is 0.373 e. The third-order valence-corrected chi connectivity index (χ3v) is 5.48. The first-order chi connectivity index (χ1) is 9.70. The summed E-state index contributed by atoms with van der Waals surface area (Å²) in [5.41, 5.74) is 3.68. The highest BCUT2D eigenvalue weighted by atomic mass is 16.2. The van der Waals surface area contributed by atoms with Crippen molar-refractivity contribution in [3.63, 3.8) is 0 Å². The molecule has 4 atom stereocenters. The number of para-hydroxylation sites is 1. The molecule has 2 aliphatic carbocycles. The van der Waals surface area contributed by atoms with Crippen LogP contribution >= 0.6 is 0 Å². The first-order valence-corrected chi connectivity index (χ1v) is 7.86. The van der Waals surface area contributed by atoms with Crippen molar-refractivity contribution in [2.75, 3.05) is 5.32 Å². The van der Waals surface area contributed by atoms with Crippen LogP contribution in [-0.2, 0) is 11.2 Å². The maximum Gasteiger partial charge on any atom is 0.243 e. The van der Waals surface area contributed by atoms with Crippen molar-refractivity contribution in [3.8, 4) is 0 Å². The van der Waals surface area contributed by atoms with Gasteiger partial charge in [-0.3, -0.25) is 4.79 Å². The highest BCUT2D eigenvalue weighted by Gasteiger charge is 2.41. The lowest BCUT2D eigenvalue weighted by molar-refractivity contribution is -0.122. The number of hydrogen-bond acceptors (Lipinski definition) is 2. The van der Waals surface area contributed by atoms with Crippen LogP contribution < -0.4 is 10.6 Å². The third kappa shape index (κ3) is 1.91. The number of anilines is 1. The van der Waals surface area contributed by atoms with Gasteiger partial charge in [-0.1, -0.05) is 24.6 Å². The lowest BCUT2D eigenvalue weighted by atomic mass is 9.95. The molecular formula is C17H22N2O. The monoisotopic (exact) mass is 270 g/mol. The van der Waals surface area contributed by atoms with Crippen LogP contribution in [0, 0.1) is 18.8 Å². The van der Waals surface area contributed by atoms with E-state index in [0.717, 1.165) is 18.3 Å². The number of rotatable bonds is 2. The van der Waals surface area contributed by atoms with Gasteiger partial charge in [-0.15, -0.1) is 0 Å². The van der Waals surface area contributed by atoms with E-state index >= 15 is 0 Å². The van der Waals surface area contributed by atoms with Gasteiger partial charge in [0.1, 0.15) is 6.04 Å². The summed E-state index contributed by atoms with van der Waals surface area (Å²) in [6.45, 7) is 2.10. The summed E-state index contributed by atoms with van der Waals surface area (Å²) in [5, 5.41) is 6.71. The maximum atomic E-state index is 12.5. The fourth-order valence-corrected chi connectivity index (χ4v) is 4.41. The Kier molecular flexibility index (Phi) is 2.76. The van der Waals surface area contributed by atoms with Crippen molar-refractivity contribution in [1.82, 2.24) is 5.32 Å². The summed E-state index contributed by atoms with van der Waals surface area (Å²) in [4.78, 5) is 12.5. The Morgan fingerprint density at radius 2 is 2.20 bits per heavy atom. The van der Waals surface area contributed by atoms with Gasteiger partial charge in [0.2, 0.25) is 5.91 Å². The van der Waals surface area contributed by atoms with E-state index in [2.05, 4.69) is 35.8 Å². The molecule has 0 aromatic heterocycles. The van der Waals surface area contributed by atoms with Crippen molar-refractivity contribution in [2.24, 2.45) is 11.8 Å². The van der Waals surface area contributed by atoms with E-state index in [4.69, 9.17) is 0 Å². The topological polar surface area (TPSA) is 41.1 Å². The molecule has 0 spiro atoms. The molecule has 3 nitrogen and oxygen atoms in total. The van der Waals surface area contributed by atoms with E-state index in [9.17, 15) is 4.79 Å². The highest BCUT2D eigenvalue weighted by Crippen LogP contribution is 2.44. The number of carbonyl (C=O) groups excluding carboxylic acids is 1. The fraction of sp³-hybridized carbons (Fsp3) is 0.588. The van der Waals surface area contributed by atoms with Crippen molar-refractivity contribution in [2.45, 2.75) is 51.1 Å². The summed E-state index contributed by atoms with van der Waals surface area (Å²) in [7, 11) is 0. The minimum absolute atomic E-state index is 0.0785. The summed E-state index contributed by atoms with van der Waals surface area (Å²) in [6.07, 6.45) is 6.05. The zero-order valence-corrected chi connectivity index (χ0v) is 12.0. The minimum Gasteiger partial charge on any atom is -0.373 e. The molecule has 2 bridgehead atoms. The quantitative estimate of drug-likeness (QED) is 0.867. The van der Waals surface area contributed by atoms with Crippen LogP contribution in [0.4, 0.5) is 5.69 Å². The Morgan fingerprint density at radius 3 is 2.90 bits per heavy atom. The number of nitrogens with one attached hydrogen (secondary N) is 2. The number of aryl methyl sites for hydroxylation is 1. The molecule has 2 unspecified atom stereocenters. The molecule has 4 rings (SSSR count). The number of hydrogen-bond donors (Lipinski definition) is 2. The summed E-state index contributed by atoms with van der Waals surface area (Å²) >= 11 is 0. The smallest absolute Gasteiger partial charge is 0.243 e. The highest BCUT2D eigenvalue weighted by molar-refractivity contribution is 5.88. The molecule has 1 aliphatic heterocycles. The van der Waals surface area contributed by atoms with Crippen molar-refractivity contribution in [1.29, 1.82) is 0 Å². The fourth-order valence-electron chi connectivity index (χ4n) is 4.41. The SMILES string of the molecule is Cc1cccc2c1NC(C(=O)NC1C[C@@H]3CC[C@H]1C3)C2. The zero-order chi connectivity index (χ0) is 13.7. The Morgan fingerprint density at radius 1 is 1.30 bits per heavy atom. The van der Waals surface area contributed by atoms with Crippen LogP contribution in [0.1, 0.15) is 36.8 Å². The normalized spacial score (nSPS) is 33.9. The molecule has 2 N–H and O–H groups in total. The Labute approximate surface area is 120 Å². The van der Waals surface area contributed by atoms with Gasteiger partial charge in [0.15, 0.2) is 0 Å². The van der Waals surface area contributed by atoms with Crippen LogP contribution in [0.15, 0.2) is 18.2 Å². The molecule has 3 aliphatic rings. The van der Waals surface area contributed by atoms with E-state index in [1.807, 2.05) is 0 Å². The molecule has 0 saturated heterocycles. The number of fused-ring (bicyclic) bond motifs is 3. The number of carbonyl (C=O) groups is 1. The molecule has 1 aromatic rings. The van der Waals surface area contributed by atoms with Crippen LogP contribution in [0.25, 0.3) is 0 Å². The maximum absolute atomic E-state index is 12.5. The molecule has 3 heteroatoms. The first-order valence-electron chi connectivity index (χ1n) is 7.86. The minimum atomic E-state index is -0.0785. The van der Waals surface area contributed by atoms with Crippen LogP contribution in [-0.4, -0.2) is 18.0 Å². The van der Waals surface area contributed by atoms with Gasteiger partial charge in [-0.25, -0.2) is 0 Å².